The van der Waals surface area contributed by atoms with Crippen LogP contribution in [0.2, 0.25) is 0 Å². The minimum absolute atomic E-state index is 0.0450. The highest BCUT2D eigenvalue weighted by Crippen LogP contribution is 2.16. The number of carbonyl (C=O) groups excluding carboxylic acids is 1. The van der Waals surface area contributed by atoms with Crippen molar-refractivity contribution in [1.82, 2.24) is 0 Å². The molecule has 0 heterocycles. The van der Waals surface area contributed by atoms with Crippen molar-refractivity contribution >= 4 is 27.7 Å². The maximum atomic E-state index is 12.0. The minimum Gasteiger partial charge on any atom is -0.291 e. The lowest BCUT2D eigenvalue weighted by Gasteiger charge is -2.06. The fourth-order valence-electron chi connectivity index (χ4n) is 1.76. The molecule has 0 spiro atoms. The molecule has 0 aliphatic rings. The molecular weight excluding hydrogens is 320 g/mol. The van der Waals surface area contributed by atoms with Crippen molar-refractivity contribution in [2.45, 2.75) is 16.7 Å². The summed E-state index contributed by atoms with van der Waals surface area (Å²) in [6.07, 6.45) is 1.94. The molecule has 22 heavy (non-hydrogen) atoms. The van der Waals surface area contributed by atoms with Crippen molar-refractivity contribution in [3.63, 3.8) is 0 Å². The van der Waals surface area contributed by atoms with E-state index in [0.29, 0.717) is 5.56 Å². The maximum Gasteiger partial charge on any atom is 0.297 e. The van der Waals surface area contributed by atoms with Gasteiger partial charge in [0.25, 0.3) is 10.1 Å². The van der Waals surface area contributed by atoms with Gasteiger partial charge in [0.05, 0.1) is 4.90 Å². The lowest BCUT2D eigenvalue weighted by Crippen LogP contribution is -2.14. The Balaban J connectivity index is 2.04. The van der Waals surface area contributed by atoms with E-state index in [9.17, 15) is 13.2 Å². The van der Waals surface area contributed by atoms with Crippen molar-refractivity contribution in [3.05, 3.63) is 59.7 Å². The molecular formula is C16H16O4S2. The second-order valence-corrected chi connectivity index (χ2v) is 7.18. The molecule has 0 radical (unpaired) electrons. The van der Waals surface area contributed by atoms with Crippen molar-refractivity contribution in [3.8, 4) is 0 Å². The van der Waals surface area contributed by atoms with Gasteiger partial charge in [-0.1, -0.05) is 29.8 Å². The first kappa shape index (κ1) is 16.7. The Labute approximate surface area is 134 Å². The Bertz CT molecular complexity index is 748. The molecule has 2 aromatic carbocycles. The normalized spacial score (nSPS) is 11.4. The van der Waals surface area contributed by atoms with Crippen LogP contribution in [-0.4, -0.2) is 27.1 Å². The van der Waals surface area contributed by atoms with Crippen LogP contribution in [0.3, 0.4) is 0 Å². The summed E-state index contributed by atoms with van der Waals surface area (Å²) in [5, 5.41) is 0. The van der Waals surface area contributed by atoms with Crippen molar-refractivity contribution in [2.24, 2.45) is 0 Å². The fourth-order valence-corrected chi connectivity index (χ4v) is 3.04. The van der Waals surface area contributed by atoms with Gasteiger partial charge in [-0.15, -0.1) is 11.8 Å². The largest absolute Gasteiger partial charge is 0.297 e. The second-order valence-electron chi connectivity index (χ2n) is 4.68. The van der Waals surface area contributed by atoms with Crippen molar-refractivity contribution < 1.29 is 17.4 Å². The van der Waals surface area contributed by atoms with Crippen LogP contribution >= 0.6 is 11.8 Å². The summed E-state index contributed by atoms with van der Waals surface area (Å²) in [5.74, 6) is -0.372. The quantitative estimate of drug-likeness (QED) is 0.460. The molecule has 4 nitrogen and oxygen atoms in total. The molecule has 0 unspecified atom stereocenters. The highest BCUT2D eigenvalue weighted by Gasteiger charge is 2.17. The third-order valence-electron chi connectivity index (χ3n) is 3.07. The average molecular weight is 336 g/mol. The van der Waals surface area contributed by atoms with Gasteiger partial charge >= 0.3 is 0 Å². The van der Waals surface area contributed by atoms with E-state index in [-0.39, 0.29) is 10.7 Å². The predicted octanol–water partition coefficient (Wildman–Crippen LogP) is 3.31. The van der Waals surface area contributed by atoms with Gasteiger partial charge in [-0.25, -0.2) is 0 Å². The zero-order chi connectivity index (χ0) is 16.2. The van der Waals surface area contributed by atoms with Crippen LogP contribution in [0, 0.1) is 6.92 Å². The Kier molecular flexibility index (Phi) is 5.39. The minimum atomic E-state index is -3.92. The number of hydrogen-bond acceptors (Lipinski definition) is 5. The lowest BCUT2D eigenvalue weighted by atomic mass is 10.1. The van der Waals surface area contributed by atoms with Gasteiger partial charge in [-0.3, -0.25) is 8.98 Å². The van der Waals surface area contributed by atoms with Gasteiger partial charge in [-0.05, 0) is 37.4 Å². The number of aryl methyl sites for hydroxylation is 1. The zero-order valence-corrected chi connectivity index (χ0v) is 13.9. The van der Waals surface area contributed by atoms with Crippen molar-refractivity contribution in [2.75, 3.05) is 12.9 Å². The predicted molar refractivity (Wildman–Crippen MR) is 86.9 cm³/mol. The van der Waals surface area contributed by atoms with E-state index in [4.69, 9.17) is 4.18 Å². The van der Waals surface area contributed by atoms with Crippen LogP contribution in [0.5, 0.6) is 0 Å². The van der Waals surface area contributed by atoms with Crippen LogP contribution in [0.15, 0.2) is 58.3 Å². The Morgan fingerprint density at radius 2 is 1.64 bits per heavy atom. The van der Waals surface area contributed by atoms with E-state index in [0.717, 1.165) is 10.5 Å². The Morgan fingerprint density at radius 3 is 2.18 bits per heavy atom. The van der Waals surface area contributed by atoms with Gasteiger partial charge in [0.15, 0.2) is 5.78 Å². The van der Waals surface area contributed by atoms with E-state index in [1.54, 1.807) is 36.0 Å². The molecule has 0 fully saturated rings. The number of ketones is 1. The summed E-state index contributed by atoms with van der Waals surface area (Å²) in [5.41, 5.74) is 1.38. The van der Waals surface area contributed by atoms with Crippen LogP contribution in [0.1, 0.15) is 15.9 Å². The monoisotopic (exact) mass is 336 g/mol. The first-order chi connectivity index (χ1) is 10.4. The summed E-state index contributed by atoms with van der Waals surface area (Å²) < 4.78 is 28.8. The number of carbonyl (C=O) groups is 1. The van der Waals surface area contributed by atoms with Crippen LogP contribution in [-0.2, 0) is 14.3 Å². The third-order valence-corrected chi connectivity index (χ3v) is 5.09. The van der Waals surface area contributed by atoms with Crippen LogP contribution in [0.4, 0.5) is 0 Å². The molecule has 0 N–H and O–H groups in total. The fraction of sp³-hybridized carbons (Fsp3) is 0.188. The molecule has 0 atom stereocenters. The van der Waals surface area contributed by atoms with E-state index >= 15 is 0 Å². The molecule has 116 valence electrons. The van der Waals surface area contributed by atoms with E-state index in [1.807, 2.05) is 25.3 Å². The Hall–Kier alpha value is -1.63. The molecule has 0 bridgehead atoms. The smallest absolute Gasteiger partial charge is 0.291 e. The molecule has 0 aliphatic carbocycles. The first-order valence-electron chi connectivity index (χ1n) is 6.56. The molecule has 0 aliphatic heterocycles. The molecule has 6 heteroatoms. The highest BCUT2D eigenvalue weighted by atomic mass is 32.2. The molecule has 0 saturated heterocycles. The average Bonchev–Trinajstić information content (AvgIpc) is 2.53. The number of benzene rings is 2. The third kappa shape index (κ3) is 4.19. The molecule has 2 aromatic rings. The zero-order valence-electron chi connectivity index (χ0n) is 12.3. The van der Waals surface area contributed by atoms with Crippen LogP contribution < -0.4 is 0 Å². The number of rotatable bonds is 6. The van der Waals surface area contributed by atoms with Crippen molar-refractivity contribution in [1.29, 1.82) is 0 Å². The molecule has 0 aromatic heterocycles. The second kappa shape index (κ2) is 7.09. The van der Waals surface area contributed by atoms with E-state index in [2.05, 4.69) is 0 Å². The topological polar surface area (TPSA) is 60.4 Å². The number of hydrogen-bond donors (Lipinski definition) is 0. The summed E-state index contributed by atoms with van der Waals surface area (Å²) in [7, 11) is -3.92. The van der Waals surface area contributed by atoms with Crippen LogP contribution in [0.25, 0.3) is 0 Å². The molecule has 0 amide bonds. The van der Waals surface area contributed by atoms with Gasteiger partial charge in [0.2, 0.25) is 0 Å². The molecule has 0 saturated carbocycles. The van der Waals surface area contributed by atoms with Gasteiger partial charge in [0.1, 0.15) is 6.61 Å². The van der Waals surface area contributed by atoms with E-state index < -0.39 is 16.7 Å². The standard InChI is InChI=1S/C16H16O4S2/c1-12-3-9-15(10-4-12)22(18,19)20-11-16(17)13-5-7-14(21-2)8-6-13/h3-10H,11H2,1-2H3. The lowest BCUT2D eigenvalue weighted by molar-refractivity contribution is 0.0924. The highest BCUT2D eigenvalue weighted by molar-refractivity contribution is 7.98. The summed E-state index contributed by atoms with van der Waals surface area (Å²) >= 11 is 1.57. The van der Waals surface area contributed by atoms with Gasteiger partial charge in [-0.2, -0.15) is 8.42 Å². The van der Waals surface area contributed by atoms with E-state index in [1.165, 1.54) is 12.1 Å². The Morgan fingerprint density at radius 1 is 1.05 bits per heavy atom. The number of thioether (sulfide) groups is 1. The maximum absolute atomic E-state index is 12.0. The summed E-state index contributed by atoms with van der Waals surface area (Å²) in [6, 6.07) is 13.2. The SMILES string of the molecule is CSc1ccc(C(=O)COS(=O)(=O)c2ccc(C)cc2)cc1. The molecule has 2 rings (SSSR count). The van der Waals surface area contributed by atoms with Gasteiger partial charge < -0.3 is 0 Å². The number of Topliss-reactive ketones (excluding diaryl/α,β-unsaturated/α-hetero) is 1. The summed E-state index contributed by atoms with van der Waals surface area (Å²) in [6.45, 7) is 1.36. The summed E-state index contributed by atoms with van der Waals surface area (Å²) in [4.78, 5) is 13.1. The van der Waals surface area contributed by atoms with Gasteiger partial charge in [0, 0.05) is 10.5 Å². The first-order valence-corrected chi connectivity index (χ1v) is 9.19.